The Balaban J connectivity index is 0.000000203. The fourth-order valence-corrected chi connectivity index (χ4v) is 2.98. The third-order valence-electron chi connectivity index (χ3n) is 4.48. The van der Waals surface area contributed by atoms with Crippen LogP contribution < -0.4 is 11.5 Å². The van der Waals surface area contributed by atoms with Crippen molar-refractivity contribution in [3.63, 3.8) is 0 Å². The van der Waals surface area contributed by atoms with Crippen LogP contribution in [-0.2, 0) is 22.4 Å². The number of hydrogen-bond acceptors (Lipinski definition) is 4. The van der Waals surface area contributed by atoms with Crippen LogP contribution in [0.3, 0.4) is 0 Å². The number of fused-ring (bicyclic) bond motifs is 2. The van der Waals surface area contributed by atoms with Gasteiger partial charge in [-0.05, 0) is 23.3 Å². The topological polar surface area (TPSA) is 158 Å². The zero-order chi connectivity index (χ0) is 26.0. The first-order chi connectivity index (χ1) is 16.4. The molecule has 0 saturated heterocycles. The summed E-state index contributed by atoms with van der Waals surface area (Å²) in [6, 6.07) is 10.5. The number of aromatic amines is 2. The molecule has 2 atom stereocenters. The van der Waals surface area contributed by atoms with Gasteiger partial charge in [0.1, 0.15) is 14.9 Å². The fraction of sp³-hybridized carbons (Fsp3) is 0.182. The average molecular weight is 413 g/mol. The van der Waals surface area contributed by atoms with Gasteiger partial charge in [0.05, 0.1) is 1.37 Å². The van der Waals surface area contributed by atoms with E-state index in [1.165, 1.54) is 6.20 Å². The Morgan fingerprint density at radius 3 is 2.03 bits per heavy atom. The highest BCUT2D eigenvalue weighted by Gasteiger charge is 2.15. The molecule has 0 amide bonds. The lowest BCUT2D eigenvalue weighted by molar-refractivity contribution is -0.139. The molecule has 156 valence electrons. The van der Waals surface area contributed by atoms with E-state index >= 15 is 0 Å². The molecule has 0 aliphatic carbocycles. The first-order valence-corrected chi connectivity index (χ1v) is 9.02. The first-order valence-electron chi connectivity index (χ1n) is 11.4. The van der Waals surface area contributed by atoms with Crippen molar-refractivity contribution in [2.75, 3.05) is 0 Å². The molecule has 4 aromatic rings. The zero-order valence-electron chi connectivity index (χ0n) is 20.8. The van der Waals surface area contributed by atoms with Crippen LogP contribution in [0.4, 0.5) is 0 Å². The number of hydrogen-bond donors (Lipinski definition) is 6. The molecule has 0 aliphatic heterocycles. The van der Waals surface area contributed by atoms with E-state index in [0.29, 0.717) is 17.3 Å². The van der Waals surface area contributed by atoms with Gasteiger partial charge in [-0.3, -0.25) is 9.59 Å². The van der Waals surface area contributed by atoms with Crippen LogP contribution in [0, 0.1) is 0 Å². The van der Waals surface area contributed by atoms with Crippen molar-refractivity contribution in [3.05, 3.63) is 72.1 Å². The SMILES string of the molecule is N[C@@H](Cc1c[nH]c2ccccc12)C(=O)O.[2H]N([2H])[C@]([2H])(C(=O)O)C([2H])([2H])c1c[nH]c2ccccc12. The number of carbonyl (C=O) groups is 2. The van der Waals surface area contributed by atoms with Gasteiger partial charge in [-0.25, -0.2) is 0 Å². The van der Waals surface area contributed by atoms with Gasteiger partial charge in [-0.1, -0.05) is 36.4 Å². The quantitative estimate of drug-likeness (QED) is 0.273. The van der Waals surface area contributed by atoms with Crippen LogP contribution in [-0.4, -0.2) is 44.2 Å². The largest absolute Gasteiger partial charge is 0.480 e. The summed E-state index contributed by atoms with van der Waals surface area (Å²) in [5, 5.41) is 19.3. The normalized spacial score (nSPS) is 16.9. The summed E-state index contributed by atoms with van der Waals surface area (Å²) in [5.74, 6) is -2.88. The molecule has 2 heterocycles. The smallest absolute Gasteiger partial charge is 0.320 e. The van der Waals surface area contributed by atoms with Crippen LogP contribution in [0.25, 0.3) is 21.8 Å². The highest BCUT2D eigenvalue weighted by molar-refractivity contribution is 5.85. The lowest BCUT2D eigenvalue weighted by Gasteiger charge is -2.04. The lowest BCUT2D eigenvalue weighted by atomic mass is 10.1. The second-order valence-electron chi connectivity index (χ2n) is 6.54. The molecule has 2 aromatic heterocycles. The Labute approximate surface area is 179 Å². The van der Waals surface area contributed by atoms with E-state index in [1.807, 2.05) is 30.5 Å². The molecular formula is C22H24N4O4. The summed E-state index contributed by atoms with van der Waals surface area (Å²) in [7, 11) is 0. The van der Waals surface area contributed by atoms with E-state index in [1.54, 1.807) is 24.3 Å². The van der Waals surface area contributed by atoms with Crippen molar-refractivity contribution in [1.82, 2.24) is 9.97 Å². The van der Waals surface area contributed by atoms with Gasteiger partial charge in [0.2, 0.25) is 0 Å². The van der Waals surface area contributed by atoms with E-state index in [4.69, 9.17) is 22.9 Å². The van der Waals surface area contributed by atoms with Crippen molar-refractivity contribution in [1.29, 1.82) is 0 Å². The standard InChI is InChI=1S/2C11H12N2O2/c2*12-9(11(14)15)5-7-6-13-10-4-2-1-3-8(7)10/h2*1-4,6,9,13H,5,12H2,(H,14,15)/t2*9-/m00/s1/i5D2,9D;/hD2. The minimum Gasteiger partial charge on any atom is -0.480 e. The Morgan fingerprint density at radius 2 is 1.50 bits per heavy atom. The maximum Gasteiger partial charge on any atom is 0.320 e. The minimum absolute atomic E-state index is 0.0741. The zero-order valence-corrected chi connectivity index (χ0v) is 15.8. The third-order valence-corrected chi connectivity index (χ3v) is 4.48. The van der Waals surface area contributed by atoms with Crippen LogP contribution in [0.5, 0.6) is 0 Å². The molecule has 8 heteroatoms. The number of para-hydroxylation sites is 2. The number of aliphatic carboxylic acids is 2. The molecule has 8 nitrogen and oxygen atoms in total. The summed E-state index contributed by atoms with van der Waals surface area (Å²) in [6.45, 7) is 0. The Kier molecular flexibility index (Phi) is 4.70. The van der Waals surface area contributed by atoms with Crippen molar-refractivity contribution in [2.45, 2.75) is 24.9 Å². The number of carboxylic acid groups (broad SMARTS) is 2. The Bertz CT molecular complexity index is 1360. The third kappa shape index (κ3) is 4.86. The van der Waals surface area contributed by atoms with E-state index in [9.17, 15) is 9.59 Å². The van der Waals surface area contributed by atoms with Gasteiger partial charge in [0, 0.05) is 49.7 Å². The molecule has 8 N–H and O–H groups in total. The predicted octanol–water partition coefficient (Wildman–Crippen LogP) is 2.24. The molecule has 30 heavy (non-hydrogen) atoms. The molecule has 2 aromatic carbocycles. The van der Waals surface area contributed by atoms with Gasteiger partial charge < -0.3 is 31.6 Å². The lowest BCUT2D eigenvalue weighted by Crippen LogP contribution is -2.32. The van der Waals surface area contributed by atoms with Crippen molar-refractivity contribution < 1.29 is 26.7 Å². The maximum absolute atomic E-state index is 11.2. The summed E-state index contributed by atoms with van der Waals surface area (Å²) in [4.78, 5) is 27.7. The van der Waals surface area contributed by atoms with E-state index in [0.717, 1.165) is 16.5 Å². The van der Waals surface area contributed by atoms with Crippen molar-refractivity contribution >= 4 is 33.7 Å². The van der Waals surface area contributed by atoms with E-state index in [2.05, 4.69) is 9.97 Å². The van der Waals surface area contributed by atoms with Crippen molar-refractivity contribution in [2.24, 2.45) is 11.5 Å². The number of aromatic nitrogens is 2. The molecule has 0 aliphatic rings. The van der Waals surface area contributed by atoms with Crippen molar-refractivity contribution in [3.8, 4) is 0 Å². The number of rotatable bonds is 7. The summed E-state index contributed by atoms with van der Waals surface area (Å²) in [5.41, 5.74) is 7.51. The maximum atomic E-state index is 11.2. The summed E-state index contributed by atoms with van der Waals surface area (Å²) >= 11 is 0. The first kappa shape index (κ1) is 15.3. The molecule has 0 unspecified atom stereocenters. The van der Waals surface area contributed by atoms with Crippen LogP contribution in [0.2, 0.25) is 2.82 Å². The molecular weight excluding hydrogens is 384 g/mol. The summed E-state index contributed by atoms with van der Waals surface area (Å²) < 4.78 is 37.9. The average Bonchev–Trinajstić information content (AvgIpc) is 3.43. The molecule has 0 spiro atoms. The highest BCUT2D eigenvalue weighted by atomic mass is 16.4. The number of carboxylic acids is 2. The van der Waals surface area contributed by atoms with Crippen LogP contribution in [0.15, 0.2) is 60.9 Å². The monoisotopic (exact) mass is 413 g/mol. The molecule has 0 fully saturated rings. The van der Waals surface area contributed by atoms with Gasteiger partial charge in [0.25, 0.3) is 0 Å². The predicted molar refractivity (Wildman–Crippen MR) is 115 cm³/mol. The highest BCUT2D eigenvalue weighted by Crippen LogP contribution is 2.19. The van der Waals surface area contributed by atoms with Gasteiger partial charge >= 0.3 is 11.9 Å². The van der Waals surface area contributed by atoms with Gasteiger partial charge in [-0.15, -0.1) is 0 Å². The molecule has 0 bridgehead atoms. The van der Waals surface area contributed by atoms with Crippen LogP contribution in [0.1, 0.15) is 15.2 Å². The number of H-pyrrole nitrogens is 2. The molecule has 4 rings (SSSR count). The number of benzene rings is 2. The second-order valence-corrected chi connectivity index (χ2v) is 6.54. The summed E-state index contributed by atoms with van der Waals surface area (Å²) in [6.07, 6.45) is 0.662. The Hall–Kier alpha value is -3.62. The fourth-order valence-electron chi connectivity index (χ4n) is 2.98. The Morgan fingerprint density at radius 1 is 0.967 bits per heavy atom. The van der Waals surface area contributed by atoms with Gasteiger partial charge in [-0.2, -0.15) is 0 Å². The van der Waals surface area contributed by atoms with Gasteiger partial charge in [0.15, 0.2) is 0 Å². The van der Waals surface area contributed by atoms with E-state index < -0.39 is 36.1 Å². The van der Waals surface area contributed by atoms with E-state index in [-0.39, 0.29) is 5.56 Å². The minimum atomic E-state index is -3.09. The second kappa shape index (κ2) is 9.25. The molecule has 0 saturated carbocycles. The number of nitrogens with one attached hydrogen (secondary N) is 2. The number of nitrogens with two attached hydrogens (primary N) is 2. The van der Waals surface area contributed by atoms with Crippen LogP contribution >= 0.6 is 0 Å². The molecule has 0 radical (unpaired) electrons.